The van der Waals surface area contributed by atoms with Gasteiger partial charge in [0.15, 0.2) is 0 Å². The molecule has 4 heteroatoms. The molecule has 1 aromatic carbocycles. The van der Waals surface area contributed by atoms with Gasteiger partial charge in [0.2, 0.25) is 0 Å². The van der Waals surface area contributed by atoms with Crippen LogP contribution in [0.5, 0.6) is 5.75 Å². The van der Waals surface area contributed by atoms with Crippen LogP contribution in [0.2, 0.25) is 0 Å². The van der Waals surface area contributed by atoms with Crippen LogP contribution in [0.3, 0.4) is 0 Å². The summed E-state index contributed by atoms with van der Waals surface area (Å²) in [5, 5.41) is 10.4. The summed E-state index contributed by atoms with van der Waals surface area (Å²) < 4.78 is 6.31. The fourth-order valence-electron chi connectivity index (χ4n) is 1.87. The quantitative estimate of drug-likeness (QED) is 0.864. The first-order valence-electron chi connectivity index (χ1n) is 6.34. The molecular formula is C15H17BrO2S. The van der Waals surface area contributed by atoms with Gasteiger partial charge < -0.3 is 9.84 Å². The molecule has 1 unspecified atom stereocenters. The Morgan fingerprint density at radius 3 is 2.63 bits per heavy atom. The lowest BCUT2D eigenvalue weighted by molar-refractivity contribution is 0.223. The topological polar surface area (TPSA) is 29.5 Å². The molecule has 1 heterocycles. The Morgan fingerprint density at radius 1 is 1.26 bits per heavy atom. The fourth-order valence-corrected chi connectivity index (χ4v) is 3.40. The minimum Gasteiger partial charge on any atom is -0.494 e. The summed E-state index contributed by atoms with van der Waals surface area (Å²) in [4.78, 5) is 2.26. The summed E-state index contributed by atoms with van der Waals surface area (Å²) >= 11 is 5.16. The molecule has 0 radical (unpaired) electrons. The van der Waals surface area contributed by atoms with Gasteiger partial charge >= 0.3 is 0 Å². The Hall–Kier alpha value is -0.840. The van der Waals surface area contributed by atoms with Crippen LogP contribution < -0.4 is 4.74 Å². The highest BCUT2D eigenvalue weighted by molar-refractivity contribution is 9.10. The van der Waals surface area contributed by atoms with E-state index in [4.69, 9.17) is 4.74 Å². The Kier molecular flexibility index (Phi) is 5.02. The Bertz CT molecular complexity index is 551. The molecule has 1 N–H and O–H groups in total. The number of hydrogen-bond donors (Lipinski definition) is 1. The smallest absolute Gasteiger partial charge is 0.120 e. The van der Waals surface area contributed by atoms with Crippen molar-refractivity contribution in [3.05, 3.63) is 50.1 Å². The molecule has 0 amide bonds. The standard InChI is InChI=1S/C15H17BrO2S/c1-3-11-6-8-14(19-11)15(17)12-7-5-10(18-4-2)9-13(12)16/h5-9,15,17H,3-4H2,1-2H3. The van der Waals surface area contributed by atoms with Crippen molar-refractivity contribution in [1.82, 2.24) is 0 Å². The van der Waals surface area contributed by atoms with E-state index in [0.717, 1.165) is 27.1 Å². The summed E-state index contributed by atoms with van der Waals surface area (Å²) in [6.07, 6.45) is 0.414. The fraction of sp³-hybridized carbons (Fsp3) is 0.333. The molecule has 0 saturated carbocycles. The monoisotopic (exact) mass is 340 g/mol. The van der Waals surface area contributed by atoms with Gasteiger partial charge in [0, 0.05) is 19.8 Å². The summed E-state index contributed by atoms with van der Waals surface area (Å²) in [7, 11) is 0. The first-order valence-corrected chi connectivity index (χ1v) is 7.95. The molecule has 1 atom stereocenters. The first kappa shape index (κ1) is 14.6. The maximum absolute atomic E-state index is 10.4. The van der Waals surface area contributed by atoms with Gasteiger partial charge in [0.1, 0.15) is 11.9 Å². The van der Waals surface area contributed by atoms with E-state index in [9.17, 15) is 5.11 Å². The van der Waals surface area contributed by atoms with Crippen molar-refractivity contribution in [3.63, 3.8) is 0 Å². The number of thiophene rings is 1. The van der Waals surface area contributed by atoms with E-state index in [0.29, 0.717) is 6.61 Å². The van der Waals surface area contributed by atoms with Gasteiger partial charge in [-0.25, -0.2) is 0 Å². The van der Waals surface area contributed by atoms with Crippen LogP contribution in [-0.2, 0) is 6.42 Å². The van der Waals surface area contributed by atoms with Crippen molar-refractivity contribution < 1.29 is 9.84 Å². The van der Waals surface area contributed by atoms with Gasteiger partial charge in [-0.2, -0.15) is 0 Å². The number of aliphatic hydroxyl groups excluding tert-OH is 1. The molecule has 19 heavy (non-hydrogen) atoms. The number of aryl methyl sites for hydroxylation is 1. The van der Waals surface area contributed by atoms with Gasteiger partial charge in [-0.15, -0.1) is 11.3 Å². The number of rotatable bonds is 5. The maximum atomic E-state index is 10.4. The average molecular weight is 341 g/mol. The van der Waals surface area contributed by atoms with Crippen LogP contribution in [0.15, 0.2) is 34.8 Å². The molecule has 0 bridgehead atoms. The average Bonchev–Trinajstić information content (AvgIpc) is 2.87. The molecule has 0 aliphatic rings. The van der Waals surface area contributed by atoms with Crippen molar-refractivity contribution in [3.8, 4) is 5.75 Å². The predicted molar refractivity (Wildman–Crippen MR) is 83.1 cm³/mol. The lowest BCUT2D eigenvalue weighted by atomic mass is 10.1. The maximum Gasteiger partial charge on any atom is 0.120 e. The van der Waals surface area contributed by atoms with Crippen LogP contribution in [0.1, 0.15) is 35.3 Å². The minimum absolute atomic E-state index is 0.588. The highest BCUT2D eigenvalue weighted by Crippen LogP contribution is 2.34. The molecule has 2 aromatic rings. The normalized spacial score (nSPS) is 12.4. The molecule has 0 spiro atoms. The molecule has 0 fully saturated rings. The van der Waals surface area contributed by atoms with Crippen LogP contribution in [-0.4, -0.2) is 11.7 Å². The van der Waals surface area contributed by atoms with E-state index in [1.165, 1.54) is 4.88 Å². The largest absolute Gasteiger partial charge is 0.494 e. The minimum atomic E-state index is -0.588. The van der Waals surface area contributed by atoms with Crippen molar-refractivity contribution in [2.24, 2.45) is 0 Å². The number of ether oxygens (including phenoxy) is 1. The first-order chi connectivity index (χ1) is 9.15. The van der Waals surface area contributed by atoms with Gasteiger partial charge in [0.25, 0.3) is 0 Å². The molecule has 1 aromatic heterocycles. The molecule has 0 aliphatic carbocycles. The molecule has 0 saturated heterocycles. The van der Waals surface area contributed by atoms with Crippen molar-refractivity contribution in [1.29, 1.82) is 0 Å². The lowest BCUT2D eigenvalue weighted by Gasteiger charge is -2.12. The Balaban J connectivity index is 2.25. The molecule has 102 valence electrons. The zero-order chi connectivity index (χ0) is 13.8. The van der Waals surface area contributed by atoms with Crippen molar-refractivity contribution in [2.75, 3.05) is 6.61 Å². The third-order valence-corrected chi connectivity index (χ3v) is 4.85. The SMILES string of the molecule is CCOc1ccc(C(O)c2ccc(CC)s2)c(Br)c1. The zero-order valence-electron chi connectivity index (χ0n) is 11.0. The Labute approximate surface area is 126 Å². The lowest BCUT2D eigenvalue weighted by Crippen LogP contribution is -1.99. The van der Waals surface area contributed by atoms with Crippen LogP contribution in [0.4, 0.5) is 0 Å². The molecule has 0 aliphatic heterocycles. The van der Waals surface area contributed by atoms with Crippen molar-refractivity contribution in [2.45, 2.75) is 26.4 Å². The second kappa shape index (κ2) is 6.55. The molecule has 2 rings (SSSR count). The number of halogens is 1. The Morgan fingerprint density at radius 2 is 2.05 bits per heavy atom. The third kappa shape index (κ3) is 3.38. The van der Waals surface area contributed by atoms with Crippen LogP contribution >= 0.6 is 27.3 Å². The zero-order valence-corrected chi connectivity index (χ0v) is 13.4. The van der Waals surface area contributed by atoms with E-state index in [2.05, 4.69) is 28.9 Å². The van der Waals surface area contributed by atoms with E-state index in [-0.39, 0.29) is 0 Å². The summed E-state index contributed by atoms with van der Waals surface area (Å²) in [5.74, 6) is 0.811. The third-order valence-electron chi connectivity index (χ3n) is 2.88. The van der Waals surface area contributed by atoms with Crippen molar-refractivity contribution >= 4 is 27.3 Å². The van der Waals surface area contributed by atoms with Crippen LogP contribution in [0.25, 0.3) is 0 Å². The van der Waals surface area contributed by atoms with E-state index in [1.807, 2.05) is 31.2 Å². The van der Waals surface area contributed by atoms with Gasteiger partial charge in [0.05, 0.1) is 6.61 Å². The van der Waals surface area contributed by atoms with Gasteiger partial charge in [-0.1, -0.05) is 28.9 Å². The highest BCUT2D eigenvalue weighted by Gasteiger charge is 2.16. The van der Waals surface area contributed by atoms with E-state index >= 15 is 0 Å². The van der Waals surface area contributed by atoms with E-state index < -0.39 is 6.10 Å². The summed E-state index contributed by atoms with van der Waals surface area (Å²) in [6, 6.07) is 9.77. The number of hydrogen-bond acceptors (Lipinski definition) is 3. The summed E-state index contributed by atoms with van der Waals surface area (Å²) in [5.41, 5.74) is 0.868. The van der Waals surface area contributed by atoms with E-state index in [1.54, 1.807) is 11.3 Å². The second-order valence-electron chi connectivity index (χ2n) is 4.18. The predicted octanol–water partition coefficient (Wildman–Crippen LogP) is 4.55. The van der Waals surface area contributed by atoms with Crippen LogP contribution in [0, 0.1) is 0 Å². The second-order valence-corrected chi connectivity index (χ2v) is 6.23. The molecule has 2 nitrogen and oxygen atoms in total. The number of benzene rings is 1. The van der Waals surface area contributed by atoms with Gasteiger partial charge in [-0.3, -0.25) is 0 Å². The summed E-state index contributed by atoms with van der Waals surface area (Å²) in [6.45, 7) is 4.71. The highest BCUT2D eigenvalue weighted by atomic mass is 79.9. The molecular weight excluding hydrogens is 324 g/mol. The number of aliphatic hydroxyl groups is 1. The van der Waals surface area contributed by atoms with Gasteiger partial charge in [-0.05, 0) is 37.6 Å².